The molecule has 0 radical (unpaired) electrons. The van der Waals surface area contributed by atoms with Crippen molar-refractivity contribution < 1.29 is 8.42 Å². The van der Waals surface area contributed by atoms with Gasteiger partial charge < -0.3 is 0 Å². The molecular weight excluding hydrogens is 394 g/mol. The maximum Gasteiger partial charge on any atom is 0.271 e. The van der Waals surface area contributed by atoms with Gasteiger partial charge in [-0.3, -0.25) is 4.72 Å². The van der Waals surface area contributed by atoms with Crippen LogP contribution in [-0.2, 0) is 16.4 Å². The Bertz CT molecular complexity index is 709. The lowest BCUT2D eigenvalue weighted by molar-refractivity contribution is 0.603. The Morgan fingerprint density at radius 3 is 2.71 bits per heavy atom. The zero-order valence-corrected chi connectivity index (χ0v) is 15.4. The second kappa shape index (κ2) is 7.13. The van der Waals surface area contributed by atoms with Crippen LogP contribution >= 0.6 is 38.9 Å². The highest BCUT2D eigenvalue weighted by Gasteiger charge is 2.18. The number of thiophene rings is 1. The average molecular weight is 409 g/mol. The monoisotopic (exact) mass is 407 g/mol. The third-order valence-electron chi connectivity index (χ3n) is 2.88. The molecule has 0 saturated heterocycles. The fraction of sp³-hybridized carbons (Fsp3) is 0.286. The highest BCUT2D eigenvalue weighted by atomic mass is 79.9. The average Bonchev–Trinajstić information content (AvgIpc) is 2.77. The van der Waals surface area contributed by atoms with Crippen molar-refractivity contribution >= 4 is 54.6 Å². The van der Waals surface area contributed by atoms with Crippen LogP contribution in [0.25, 0.3) is 0 Å². The van der Waals surface area contributed by atoms with Crippen molar-refractivity contribution in [2.75, 3.05) is 10.1 Å². The second-order valence-corrected chi connectivity index (χ2v) is 8.98. The standard InChI is InChI=1S/C14H15BrClNO2S2/c1-10-8-13(20-14(10)16)21(18,19)17-12-6-2-4-11(9-12)5-3-7-15/h2,4,6,8-9,17H,3,5,7H2,1H3. The summed E-state index contributed by atoms with van der Waals surface area (Å²) in [6.45, 7) is 1.79. The van der Waals surface area contributed by atoms with Crippen LogP contribution in [0.15, 0.2) is 34.5 Å². The molecule has 7 heteroatoms. The van der Waals surface area contributed by atoms with E-state index in [2.05, 4.69) is 20.7 Å². The van der Waals surface area contributed by atoms with Crippen LogP contribution < -0.4 is 4.72 Å². The Labute approximate surface area is 142 Å². The summed E-state index contributed by atoms with van der Waals surface area (Å²) in [5.41, 5.74) is 2.45. The molecule has 0 aliphatic heterocycles. The van der Waals surface area contributed by atoms with Crippen LogP contribution in [0.1, 0.15) is 17.5 Å². The minimum Gasteiger partial charge on any atom is -0.279 e. The molecule has 2 rings (SSSR count). The zero-order valence-electron chi connectivity index (χ0n) is 11.4. The first-order chi connectivity index (χ1) is 9.92. The maximum absolute atomic E-state index is 12.3. The first-order valence-corrected chi connectivity index (χ1v) is 10.2. The third-order valence-corrected chi connectivity index (χ3v) is 6.85. The van der Waals surface area contributed by atoms with Crippen LogP contribution in [0.2, 0.25) is 4.34 Å². The molecule has 1 heterocycles. The van der Waals surface area contributed by atoms with E-state index in [1.807, 2.05) is 18.2 Å². The number of rotatable bonds is 6. The molecule has 0 aliphatic rings. The number of aryl methyl sites for hydroxylation is 2. The van der Waals surface area contributed by atoms with Crippen LogP contribution in [-0.4, -0.2) is 13.7 Å². The second-order valence-electron chi connectivity index (χ2n) is 4.62. The van der Waals surface area contributed by atoms with Crippen molar-refractivity contribution in [2.45, 2.75) is 24.0 Å². The Balaban J connectivity index is 2.20. The third kappa shape index (κ3) is 4.45. The summed E-state index contributed by atoms with van der Waals surface area (Å²) in [5, 5.41) is 0.927. The quantitative estimate of drug-likeness (QED) is 0.695. The fourth-order valence-electron chi connectivity index (χ4n) is 1.83. The Kier molecular flexibility index (Phi) is 5.71. The molecule has 1 N–H and O–H groups in total. The first kappa shape index (κ1) is 16.8. The summed E-state index contributed by atoms with van der Waals surface area (Å²) in [4.78, 5) is 0. The topological polar surface area (TPSA) is 46.2 Å². The SMILES string of the molecule is Cc1cc(S(=O)(=O)Nc2cccc(CCCBr)c2)sc1Cl. The van der Waals surface area contributed by atoms with Crippen LogP contribution in [0, 0.1) is 6.92 Å². The number of hydrogen-bond acceptors (Lipinski definition) is 3. The van der Waals surface area contributed by atoms with Gasteiger partial charge in [-0.25, -0.2) is 8.42 Å². The van der Waals surface area contributed by atoms with Gasteiger partial charge in [-0.05, 0) is 49.1 Å². The van der Waals surface area contributed by atoms with E-state index in [0.717, 1.165) is 40.6 Å². The lowest BCUT2D eigenvalue weighted by atomic mass is 10.1. The maximum atomic E-state index is 12.3. The predicted octanol–water partition coefficient (Wildman–Crippen LogP) is 4.84. The molecule has 21 heavy (non-hydrogen) atoms. The van der Waals surface area contributed by atoms with Gasteiger partial charge >= 0.3 is 0 Å². The van der Waals surface area contributed by atoms with Crippen molar-refractivity contribution in [3.05, 3.63) is 45.8 Å². The Morgan fingerprint density at radius 1 is 1.33 bits per heavy atom. The van der Waals surface area contributed by atoms with E-state index in [-0.39, 0.29) is 4.21 Å². The van der Waals surface area contributed by atoms with Gasteiger partial charge in [-0.2, -0.15) is 0 Å². The van der Waals surface area contributed by atoms with Crippen molar-refractivity contribution in [1.82, 2.24) is 0 Å². The van der Waals surface area contributed by atoms with Crippen LogP contribution in [0.3, 0.4) is 0 Å². The molecule has 0 amide bonds. The fourth-order valence-corrected chi connectivity index (χ4v) is 4.87. The number of sulfonamides is 1. The number of halogens is 2. The van der Waals surface area contributed by atoms with Gasteiger partial charge in [0.15, 0.2) is 0 Å². The summed E-state index contributed by atoms with van der Waals surface area (Å²) in [6.07, 6.45) is 1.92. The van der Waals surface area contributed by atoms with Crippen molar-refractivity contribution in [1.29, 1.82) is 0 Å². The molecule has 0 atom stereocenters. The molecule has 0 spiro atoms. The van der Waals surface area contributed by atoms with E-state index >= 15 is 0 Å². The van der Waals surface area contributed by atoms with Crippen molar-refractivity contribution in [3.63, 3.8) is 0 Å². The van der Waals surface area contributed by atoms with Gasteiger partial charge in [0.2, 0.25) is 0 Å². The van der Waals surface area contributed by atoms with Crippen molar-refractivity contribution in [2.24, 2.45) is 0 Å². The molecule has 114 valence electrons. The highest BCUT2D eigenvalue weighted by Crippen LogP contribution is 2.31. The lowest BCUT2D eigenvalue weighted by Crippen LogP contribution is -2.11. The Morgan fingerprint density at radius 2 is 2.10 bits per heavy atom. The number of nitrogens with one attached hydrogen (secondary N) is 1. The van der Waals surface area contributed by atoms with Gasteiger partial charge in [0.05, 0.1) is 4.34 Å². The number of anilines is 1. The minimum absolute atomic E-state index is 0.232. The van der Waals surface area contributed by atoms with Gasteiger partial charge in [-0.15, -0.1) is 11.3 Å². The van der Waals surface area contributed by atoms with E-state index in [9.17, 15) is 8.42 Å². The number of hydrogen-bond donors (Lipinski definition) is 1. The summed E-state index contributed by atoms with van der Waals surface area (Å²) in [6, 6.07) is 9.05. The van der Waals surface area contributed by atoms with E-state index in [1.54, 1.807) is 19.1 Å². The molecule has 1 aromatic heterocycles. The number of benzene rings is 1. The normalized spacial score (nSPS) is 11.6. The van der Waals surface area contributed by atoms with Gasteiger partial charge in [0.25, 0.3) is 10.0 Å². The van der Waals surface area contributed by atoms with E-state index in [4.69, 9.17) is 11.6 Å². The molecule has 3 nitrogen and oxygen atoms in total. The first-order valence-electron chi connectivity index (χ1n) is 6.36. The van der Waals surface area contributed by atoms with Crippen LogP contribution in [0.5, 0.6) is 0 Å². The molecule has 2 aromatic rings. The van der Waals surface area contributed by atoms with E-state index in [0.29, 0.717) is 10.0 Å². The molecule has 0 saturated carbocycles. The number of alkyl halides is 1. The van der Waals surface area contributed by atoms with Gasteiger partial charge in [0.1, 0.15) is 4.21 Å². The largest absolute Gasteiger partial charge is 0.279 e. The molecular formula is C14H15BrClNO2S2. The minimum atomic E-state index is -3.58. The molecule has 0 fully saturated rings. The summed E-state index contributed by atoms with van der Waals surface area (Å²) >= 11 is 10.4. The summed E-state index contributed by atoms with van der Waals surface area (Å²) in [5.74, 6) is 0. The van der Waals surface area contributed by atoms with E-state index in [1.165, 1.54) is 0 Å². The molecule has 0 unspecified atom stereocenters. The van der Waals surface area contributed by atoms with E-state index < -0.39 is 10.0 Å². The van der Waals surface area contributed by atoms with Gasteiger partial charge in [-0.1, -0.05) is 39.7 Å². The predicted molar refractivity (Wildman–Crippen MR) is 93.4 cm³/mol. The molecule has 0 bridgehead atoms. The Hall–Kier alpha value is -0.560. The smallest absolute Gasteiger partial charge is 0.271 e. The zero-order chi connectivity index (χ0) is 15.5. The molecule has 1 aromatic carbocycles. The van der Waals surface area contributed by atoms with Crippen LogP contribution in [0.4, 0.5) is 5.69 Å². The van der Waals surface area contributed by atoms with Crippen molar-refractivity contribution in [3.8, 4) is 0 Å². The highest BCUT2D eigenvalue weighted by molar-refractivity contribution is 9.09. The van der Waals surface area contributed by atoms with Gasteiger partial charge in [0, 0.05) is 11.0 Å². The lowest BCUT2D eigenvalue weighted by Gasteiger charge is -2.08. The summed E-state index contributed by atoms with van der Waals surface area (Å²) in [7, 11) is -3.58. The molecule has 0 aliphatic carbocycles. The summed E-state index contributed by atoms with van der Waals surface area (Å²) < 4.78 is 28.0.